The van der Waals surface area contributed by atoms with Crippen molar-refractivity contribution >= 4 is 5.95 Å². The summed E-state index contributed by atoms with van der Waals surface area (Å²) in [7, 11) is 0. The number of aryl methyl sites for hydroxylation is 1. The molecule has 4 aromatic rings. The molecule has 10 nitrogen and oxygen atoms in total. The molecule has 1 aliphatic heterocycles. The molecule has 0 radical (unpaired) electrons. The molecule has 0 aliphatic carbocycles. The molecule has 0 amide bonds. The van der Waals surface area contributed by atoms with Gasteiger partial charge in [-0.3, -0.25) is 0 Å². The van der Waals surface area contributed by atoms with Crippen LogP contribution in [0.15, 0.2) is 33.6 Å². The number of benzene rings is 1. The van der Waals surface area contributed by atoms with Crippen LogP contribution in [-0.2, 0) is 6.42 Å². The van der Waals surface area contributed by atoms with Crippen LogP contribution >= 0.6 is 0 Å². The Labute approximate surface area is 224 Å². The van der Waals surface area contributed by atoms with E-state index in [-0.39, 0.29) is 23.0 Å². The summed E-state index contributed by atoms with van der Waals surface area (Å²) in [6.07, 6.45) is 7.98. The van der Waals surface area contributed by atoms with Crippen molar-refractivity contribution in [1.82, 2.24) is 30.2 Å². The van der Waals surface area contributed by atoms with Gasteiger partial charge in [-0.2, -0.15) is 9.97 Å². The Hall–Kier alpha value is -3.96. The summed E-state index contributed by atoms with van der Waals surface area (Å²) in [5.74, 6) is 1.46. The van der Waals surface area contributed by atoms with Crippen molar-refractivity contribution in [2.75, 3.05) is 24.6 Å². The maximum atomic E-state index is 14.5. The lowest BCUT2D eigenvalue weighted by Crippen LogP contribution is -2.34. The van der Waals surface area contributed by atoms with Gasteiger partial charge in [-0.25, -0.2) is 18.7 Å². The molecule has 0 unspecified atom stereocenters. The van der Waals surface area contributed by atoms with Crippen molar-refractivity contribution in [3.8, 4) is 28.5 Å². The molecule has 4 heterocycles. The summed E-state index contributed by atoms with van der Waals surface area (Å²) in [6.45, 7) is 7.85. The highest BCUT2D eigenvalue weighted by Gasteiger charge is 2.22. The van der Waals surface area contributed by atoms with Crippen LogP contribution in [0.1, 0.15) is 51.3 Å². The molecular weight excluding hydrogens is 508 g/mol. The third-order valence-electron chi connectivity index (χ3n) is 6.64. The van der Waals surface area contributed by atoms with Crippen LogP contribution in [0, 0.1) is 30.4 Å². The number of halogens is 2. The largest absolute Gasteiger partial charge is 0.493 e. The normalized spacial score (nSPS) is 14.4. The van der Waals surface area contributed by atoms with Crippen molar-refractivity contribution in [3.63, 3.8) is 0 Å². The molecule has 1 aliphatic rings. The highest BCUT2D eigenvalue weighted by atomic mass is 19.1. The molecule has 0 atom stereocenters. The van der Waals surface area contributed by atoms with Crippen LogP contribution in [0.4, 0.5) is 14.7 Å². The SMILES string of the molecule is Cc1nc(-c2c(F)cc(OCCCC3CCN(c4ncc(-c5noc(CC(C)C)n5)cn4)CC3)cc2F)no1. The van der Waals surface area contributed by atoms with Gasteiger partial charge in [0.15, 0.2) is 0 Å². The first kappa shape index (κ1) is 26.6. The Morgan fingerprint density at radius 2 is 1.69 bits per heavy atom. The summed E-state index contributed by atoms with van der Waals surface area (Å²) in [5, 5.41) is 7.62. The summed E-state index contributed by atoms with van der Waals surface area (Å²) < 4.78 is 44.7. The first-order valence-electron chi connectivity index (χ1n) is 13.2. The number of rotatable bonds is 10. The van der Waals surface area contributed by atoms with E-state index in [1.54, 1.807) is 19.3 Å². The molecule has 1 fully saturated rings. The van der Waals surface area contributed by atoms with Crippen molar-refractivity contribution in [3.05, 3.63) is 47.9 Å². The fourth-order valence-corrected chi connectivity index (χ4v) is 4.64. The monoisotopic (exact) mass is 539 g/mol. The lowest BCUT2D eigenvalue weighted by molar-refractivity contribution is 0.277. The van der Waals surface area contributed by atoms with E-state index in [0.717, 1.165) is 62.9 Å². The lowest BCUT2D eigenvalue weighted by atomic mass is 9.92. The van der Waals surface area contributed by atoms with E-state index in [9.17, 15) is 8.78 Å². The van der Waals surface area contributed by atoms with Crippen LogP contribution in [0.25, 0.3) is 22.8 Å². The lowest BCUT2D eigenvalue weighted by Gasteiger charge is -2.32. The fraction of sp³-hybridized carbons (Fsp3) is 0.481. The van der Waals surface area contributed by atoms with E-state index in [1.165, 1.54) is 0 Å². The van der Waals surface area contributed by atoms with Crippen molar-refractivity contribution in [2.24, 2.45) is 11.8 Å². The third-order valence-corrected chi connectivity index (χ3v) is 6.64. The predicted octanol–water partition coefficient (Wildman–Crippen LogP) is 5.44. The summed E-state index contributed by atoms with van der Waals surface area (Å²) >= 11 is 0. The summed E-state index contributed by atoms with van der Waals surface area (Å²) in [6, 6.07) is 2.30. The van der Waals surface area contributed by atoms with E-state index in [0.29, 0.717) is 36.1 Å². The van der Waals surface area contributed by atoms with Gasteiger partial charge in [-0.1, -0.05) is 24.2 Å². The van der Waals surface area contributed by atoms with E-state index >= 15 is 0 Å². The first-order valence-corrected chi connectivity index (χ1v) is 13.2. The van der Waals surface area contributed by atoms with E-state index in [2.05, 4.69) is 49.0 Å². The highest BCUT2D eigenvalue weighted by Crippen LogP contribution is 2.29. The zero-order valence-electron chi connectivity index (χ0n) is 22.2. The smallest absolute Gasteiger partial charge is 0.227 e. The Kier molecular flexibility index (Phi) is 8.08. The number of hydrogen-bond acceptors (Lipinski definition) is 10. The van der Waals surface area contributed by atoms with Crippen molar-refractivity contribution < 1.29 is 22.6 Å². The highest BCUT2D eigenvalue weighted by molar-refractivity contribution is 5.58. The molecule has 5 rings (SSSR count). The Morgan fingerprint density at radius 1 is 1.00 bits per heavy atom. The summed E-state index contributed by atoms with van der Waals surface area (Å²) in [4.78, 5) is 19.5. The van der Waals surface area contributed by atoms with Gasteiger partial charge in [0.1, 0.15) is 17.4 Å². The molecule has 12 heteroatoms. The van der Waals surface area contributed by atoms with Crippen LogP contribution in [0.2, 0.25) is 0 Å². The fourth-order valence-electron chi connectivity index (χ4n) is 4.64. The molecule has 3 aromatic heterocycles. The van der Waals surface area contributed by atoms with E-state index in [4.69, 9.17) is 13.8 Å². The first-order chi connectivity index (χ1) is 18.9. The van der Waals surface area contributed by atoms with E-state index < -0.39 is 11.6 Å². The van der Waals surface area contributed by atoms with Crippen molar-refractivity contribution in [1.29, 1.82) is 0 Å². The standard InChI is InChI=1S/C27H31F2N7O3/c1-16(2)11-23-33-25(34-39-23)19-14-30-27(31-15-19)36-8-6-18(7-9-36)5-4-10-37-20-12-21(28)24(22(29)13-20)26-32-17(3)38-35-26/h12-16,18H,4-11H2,1-3H3. The molecule has 0 saturated carbocycles. The Morgan fingerprint density at radius 3 is 2.33 bits per heavy atom. The van der Waals surface area contributed by atoms with Gasteiger partial charge >= 0.3 is 0 Å². The molecule has 206 valence electrons. The maximum Gasteiger partial charge on any atom is 0.227 e. The molecule has 1 saturated heterocycles. The minimum absolute atomic E-state index is 0.121. The van der Waals surface area contributed by atoms with Gasteiger partial charge in [0.25, 0.3) is 0 Å². The van der Waals surface area contributed by atoms with Gasteiger partial charge < -0.3 is 18.7 Å². The van der Waals surface area contributed by atoms with Gasteiger partial charge in [0.05, 0.1) is 17.7 Å². The maximum absolute atomic E-state index is 14.5. The van der Waals surface area contributed by atoms with E-state index in [1.807, 2.05) is 0 Å². The Bertz CT molecular complexity index is 1360. The second-order valence-corrected chi connectivity index (χ2v) is 10.2. The molecule has 39 heavy (non-hydrogen) atoms. The summed E-state index contributed by atoms with van der Waals surface area (Å²) in [5.41, 5.74) is 0.405. The van der Waals surface area contributed by atoms with Crippen LogP contribution in [-0.4, -0.2) is 49.9 Å². The molecule has 0 N–H and O–H groups in total. The average Bonchev–Trinajstić information content (AvgIpc) is 3.55. The minimum Gasteiger partial charge on any atom is -0.493 e. The van der Waals surface area contributed by atoms with Crippen molar-refractivity contribution in [2.45, 2.75) is 52.9 Å². The number of aromatic nitrogens is 6. The number of ether oxygens (including phenoxy) is 1. The van der Waals surface area contributed by atoms with Gasteiger partial charge in [-0.15, -0.1) is 0 Å². The zero-order valence-corrected chi connectivity index (χ0v) is 22.2. The molecule has 0 bridgehead atoms. The van der Waals surface area contributed by atoms with Crippen LogP contribution in [0.3, 0.4) is 0 Å². The average molecular weight is 540 g/mol. The second-order valence-electron chi connectivity index (χ2n) is 10.2. The number of nitrogens with zero attached hydrogens (tertiary/aromatic N) is 7. The van der Waals surface area contributed by atoms with Gasteiger partial charge in [-0.05, 0) is 37.5 Å². The predicted molar refractivity (Wildman–Crippen MR) is 138 cm³/mol. The van der Waals surface area contributed by atoms with Crippen LogP contribution < -0.4 is 9.64 Å². The quantitative estimate of drug-likeness (QED) is 0.241. The topological polar surface area (TPSA) is 116 Å². The van der Waals surface area contributed by atoms with Gasteiger partial charge in [0.2, 0.25) is 29.4 Å². The second kappa shape index (κ2) is 11.8. The molecule has 0 spiro atoms. The zero-order chi connectivity index (χ0) is 27.4. The minimum atomic E-state index is -0.790. The molecule has 1 aromatic carbocycles. The van der Waals surface area contributed by atoms with Gasteiger partial charge in [0, 0.05) is 51.0 Å². The number of piperidine rings is 1. The third kappa shape index (κ3) is 6.55. The molecular formula is C27H31F2N7O3. The Balaban J connectivity index is 1.06. The number of anilines is 1. The number of hydrogen-bond donors (Lipinski definition) is 0. The van der Waals surface area contributed by atoms with Crippen LogP contribution in [0.5, 0.6) is 5.75 Å².